The van der Waals surface area contributed by atoms with Crippen LogP contribution in [0, 0.1) is 6.92 Å². The van der Waals surface area contributed by atoms with Crippen molar-refractivity contribution in [3.63, 3.8) is 0 Å². The number of aromatic nitrogens is 2. The molecule has 0 saturated heterocycles. The van der Waals surface area contributed by atoms with E-state index in [0.717, 1.165) is 50.7 Å². The number of anilines is 2. The summed E-state index contributed by atoms with van der Waals surface area (Å²) in [6, 6.07) is 57.9. The van der Waals surface area contributed by atoms with Crippen molar-refractivity contribution in [2.45, 2.75) is 20.8 Å². The molecule has 0 spiro atoms. The molecule has 0 unspecified atom stereocenters. The van der Waals surface area contributed by atoms with Crippen LogP contribution in [0.15, 0.2) is 176 Å². The van der Waals surface area contributed by atoms with Gasteiger partial charge in [0, 0.05) is 39.0 Å². The summed E-state index contributed by atoms with van der Waals surface area (Å²) in [5.74, 6) is 0. The maximum Gasteiger partial charge on any atom is 0.0716 e. The number of fused-ring (bicyclic) bond motifs is 3. The van der Waals surface area contributed by atoms with Gasteiger partial charge in [0.15, 0.2) is 0 Å². The van der Waals surface area contributed by atoms with Crippen molar-refractivity contribution >= 4 is 33.2 Å². The molecule has 2 aromatic heterocycles. The fourth-order valence-corrected chi connectivity index (χ4v) is 6.27. The Morgan fingerprint density at radius 3 is 1.67 bits per heavy atom. The Morgan fingerprint density at radius 2 is 1.02 bits per heavy atom. The van der Waals surface area contributed by atoms with Crippen molar-refractivity contribution in [3.05, 3.63) is 182 Å². The number of aryl methyl sites for hydroxylation is 1. The van der Waals surface area contributed by atoms with Gasteiger partial charge in [-0.15, -0.1) is 0 Å². The molecule has 0 amide bonds. The third-order valence-corrected chi connectivity index (χ3v) is 8.71. The van der Waals surface area contributed by atoms with Gasteiger partial charge in [0.25, 0.3) is 0 Å². The highest BCUT2D eigenvalue weighted by atomic mass is 15.0. The first-order valence-electron chi connectivity index (χ1n) is 16.8. The second kappa shape index (κ2) is 14.3. The number of benzene rings is 6. The fourth-order valence-electron chi connectivity index (χ4n) is 6.27. The van der Waals surface area contributed by atoms with Crippen LogP contribution in [-0.4, -0.2) is 9.55 Å². The van der Waals surface area contributed by atoms with E-state index in [1.54, 1.807) is 0 Å². The fraction of sp³-hybridized carbons (Fsp3) is 0.0652. The van der Waals surface area contributed by atoms with Crippen LogP contribution in [0.2, 0.25) is 0 Å². The predicted octanol–water partition coefficient (Wildman–Crippen LogP) is 12.8. The van der Waals surface area contributed by atoms with Crippen LogP contribution in [0.5, 0.6) is 0 Å². The number of allylic oxidation sites excluding steroid dienone is 2. The quantitative estimate of drug-likeness (QED) is 0.185. The third-order valence-electron chi connectivity index (χ3n) is 8.71. The number of para-hydroxylation sites is 3. The summed E-state index contributed by atoms with van der Waals surface area (Å²) in [7, 11) is 0. The van der Waals surface area contributed by atoms with Gasteiger partial charge in [-0.3, -0.25) is 0 Å². The topological polar surface area (TPSA) is 29.9 Å². The molecule has 0 aliphatic rings. The molecule has 3 nitrogen and oxygen atoms in total. The Morgan fingerprint density at radius 1 is 0.469 bits per heavy atom. The molecule has 3 heteroatoms. The van der Waals surface area contributed by atoms with Gasteiger partial charge in [0.2, 0.25) is 0 Å². The zero-order chi connectivity index (χ0) is 33.6. The van der Waals surface area contributed by atoms with Gasteiger partial charge < -0.3 is 9.88 Å². The maximum absolute atomic E-state index is 5.25. The van der Waals surface area contributed by atoms with Crippen LogP contribution in [-0.2, 0) is 0 Å². The van der Waals surface area contributed by atoms with E-state index in [-0.39, 0.29) is 0 Å². The standard InChI is InChI=1S/C42H31N3.C4H8/c1-29-12-9-14-31(24-29)39-27-33(30-13-10-18-35(25-30)43-34-16-3-2-4-17-34)28-40(44-39)32-15-11-19-36(26-32)45-41-22-7-5-20-37(41)38-21-6-8-23-42(38)45;1-3-4-2/h2-28,43H,1H3;3-4H,1-2H3/b;4-3-. The average molecular weight is 634 g/mol. The van der Waals surface area contributed by atoms with Crippen LogP contribution in [0.3, 0.4) is 0 Å². The first-order valence-corrected chi connectivity index (χ1v) is 16.8. The molecular formula is C46H39N3. The van der Waals surface area contributed by atoms with E-state index in [9.17, 15) is 0 Å². The number of rotatable bonds is 6. The SMILES string of the molecule is C/C=C\C.Cc1cccc(-c2cc(-c3cccc(Nc4ccccc4)c3)cc(-c3cccc(-n4c5ccccc5c5ccccc54)c3)n2)c1. The van der Waals surface area contributed by atoms with E-state index in [4.69, 9.17) is 4.98 Å². The van der Waals surface area contributed by atoms with Crippen molar-refractivity contribution in [1.29, 1.82) is 0 Å². The number of hydrogen-bond donors (Lipinski definition) is 1. The Labute approximate surface area is 288 Å². The van der Waals surface area contributed by atoms with E-state index < -0.39 is 0 Å². The molecule has 0 aliphatic heterocycles. The second-order valence-electron chi connectivity index (χ2n) is 12.2. The van der Waals surface area contributed by atoms with Gasteiger partial charge in [-0.05, 0) is 98.6 Å². The van der Waals surface area contributed by atoms with Crippen molar-refractivity contribution in [3.8, 4) is 39.3 Å². The van der Waals surface area contributed by atoms with Crippen LogP contribution in [0.25, 0.3) is 61.1 Å². The molecular weight excluding hydrogens is 595 g/mol. The highest BCUT2D eigenvalue weighted by Crippen LogP contribution is 2.35. The number of nitrogens with zero attached hydrogens (tertiary/aromatic N) is 2. The maximum atomic E-state index is 5.25. The largest absolute Gasteiger partial charge is 0.356 e. The van der Waals surface area contributed by atoms with Crippen LogP contribution >= 0.6 is 0 Å². The molecule has 2 heterocycles. The van der Waals surface area contributed by atoms with E-state index in [0.29, 0.717) is 0 Å². The van der Waals surface area contributed by atoms with Gasteiger partial charge in [0.1, 0.15) is 0 Å². The zero-order valence-corrected chi connectivity index (χ0v) is 28.1. The number of hydrogen-bond acceptors (Lipinski definition) is 2. The lowest BCUT2D eigenvalue weighted by Crippen LogP contribution is -1.96. The highest BCUT2D eigenvalue weighted by Gasteiger charge is 2.14. The van der Waals surface area contributed by atoms with Crippen molar-refractivity contribution in [2.24, 2.45) is 0 Å². The highest BCUT2D eigenvalue weighted by molar-refractivity contribution is 6.09. The molecule has 238 valence electrons. The van der Waals surface area contributed by atoms with Gasteiger partial charge in [-0.25, -0.2) is 4.98 Å². The molecule has 0 saturated carbocycles. The van der Waals surface area contributed by atoms with Gasteiger partial charge >= 0.3 is 0 Å². The normalized spacial score (nSPS) is 11.1. The monoisotopic (exact) mass is 633 g/mol. The van der Waals surface area contributed by atoms with Crippen molar-refractivity contribution in [1.82, 2.24) is 9.55 Å². The molecule has 6 aromatic carbocycles. The Hall–Kier alpha value is -6.19. The summed E-state index contributed by atoms with van der Waals surface area (Å²) < 4.78 is 2.36. The first-order chi connectivity index (χ1) is 24.1. The lowest BCUT2D eigenvalue weighted by atomic mass is 9.99. The third kappa shape index (κ3) is 6.79. The second-order valence-corrected chi connectivity index (χ2v) is 12.2. The molecule has 0 aliphatic carbocycles. The van der Waals surface area contributed by atoms with Crippen LogP contribution in [0.1, 0.15) is 19.4 Å². The van der Waals surface area contributed by atoms with E-state index in [2.05, 4.69) is 162 Å². The molecule has 0 radical (unpaired) electrons. The van der Waals surface area contributed by atoms with Crippen LogP contribution in [0.4, 0.5) is 11.4 Å². The molecule has 0 bridgehead atoms. The summed E-state index contributed by atoms with van der Waals surface area (Å²) in [5.41, 5.74) is 13.1. The van der Waals surface area contributed by atoms with E-state index >= 15 is 0 Å². The predicted molar refractivity (Wildman–Crippen MR) is 210 cm³/mol. The zero-order valence-electron chi connectivity index (χ0n) is 28.1. The molecule has 1 N–H and O–H groups in total. The minimum atomic E-state index is 0.938. The van der Waals surface area contributed by atoms with Gasteiger partial charge in [-0.1, -0.05) is 115 Å². The minimum absolute atomic E-state index is 0.938. The van der Waals surface area contributed by atoms with Gasteiger partial charge in [-0.2, -0.15) is 0 Å². The molecule has 8 aromatic rings. The molecule has 0 fully saturated rings. The summed E-state index contributed by atoms with van der Waals surface area (Å²) in [5, 5.41) is 6.06. The lowest BCUT2D eigenvalue weighted by molar-refractivity contribution is 1.18. The number of pyridine rings is 1. The smallest absolute Gasteiger partial charge is 0.0716 e. The lowest BCUT2D eigenvalue weighted by Gasteiger charge is -2.14. The van der Waals surface area contributed by atoms with E-state index in [1.807, 2.05) is 44.2 Å². The van der Waals surface area contributed by atoms with Crippen LogP contribution < -0.4 is 5.32 Å². The van der Waals surface area contributed by atoms with Crippen molar-refractivity contribution < 1.29 is 0 Å². The minimum Gasteiger partial charge on any atom is -0.356 e. The van der Waals surface area contributed by atoms with E-state index in [1.165, 1.54) is 27.4 Å². The molecule has 49 heavy (non-hydrogen) atoms. The Kier molecular flexibility index (Phi) is 9.16. The molecule has 0 atom stereocenters. The van der Waals surface area contributed by atoms with Crippen molar-refractivity contribution in [2.75, 3.05) is 5.32 Å². The molecule has 8 rings (SSSR count). The average Bonchev–Trinajstić information content (AvgIpc) is 3.50. The first kappa shape index (κ1) is 31.4. The summed E-state index contributed by atoms with van der Waals surface area (Å²) in [4.78, 5) is 5.25. The summed E-state index contributed by atoms with van der Waals surface area (Å²) >= 11 is 0. The summed E-state index contributed by atoms with van der Waals surface area (Å²) in [6.07, 6.45) is 4.00. The Bertz CT molecular complexity index is 2340. The number of nitrogens with one attached hydrogen (secondary N) is 1. The summed E-state index contributed by atoms with van der Waals surface area (Å²) in [6.45, 7) is 6.13. The Balaban J connectivity index is 0.000000898. The van der Waals surface area contributed by atoms with Gasteiger partial charge in [0.05, 0.1) is 22.4 Å².